The highest BCUT2D eigenvalue weighted by Crippen LogP contribution is 2.29. The molecule has 0 radical (unpaired) electrons. The highest BCUT2D eigenvalue weighted by atomic mass is 79.9. The maximum absolute atomic E-state index is 12.4. The van der Waals surface area contributed by atoms with Gasteiger partial charge in [0.1, 0.15) is 0 Å². The van der Waals surface area contributed by atoms with Gasteiger partial charge in [-0.3, -0.25) is 4.79 Å². The molecule has 0 saturated heterocycles. The molecule has 0 aromatic heterocycles. The molecule has 0 rings (SSSR count). The molecule has 2 nitrogen and oxygen atoms in total. The summed E-state index contributed by atoms with van der Waals surface area (Å²) in [7, 11) is 4.33. The Morgan fingerprint density at radius 1 is 0.880 bits per heavy atom. The van der Waals surface area contributed by atoms with Crippen molar-refractivity contribution in [1.29, 1.82) is 0 Å². The number of likely N-dealkylation sites (N-methyl/N-ethyl adjacent to an activating group) is 1. The molecule has 150 valence electrons. The number of nitrogens with zero attached hydrogens (tertiary/aromatic N) is 1. The molecular formula is C22H44BrNO. The van der Waals surface area contributed by atoms with Crippen molar-refractivity contribution in [3.05, 3.63) is 12.7 Å². The predicted octanol–water partition coefficient (Wildman–Crippen LogP) is 3.30. The van der Waals surface area contributed by atoms with E-state index in [0.717, 1.165) is 23.9 Å². The number of quaternary nitrogens is 1. The molecule has 0 heterocycles. The molecule has 0 aliphatic carbocycles. The Morgan fingerprint density at radius 3 is 1.64 bits per heavy atom. The van der Waals surface area contributed by atoms with Crippen LogP contribution in [0.1, 0.15) is 97.8 Å². The van der Waals surface area contributed by atoms with Crippen LogP contribution < -0.4 is 17.0 Å². The second kappa shape index (κ2) is 15.0. The number of hydrogen-bond acceptors (Lipinski definition) is 1. The van der Waals surface area contributed by atoms with Gasteiger partial charge in [-0.25, -0.2) is 0 Å². The van der Waals surface area contributed by atoms with E-state index in [1.807, 2.05) is 0 Å². The van der Waals surface area contributed by atoms with Crippen molar-refractivity contribution in [3.8, 4) is 0 Å². The zero-order chi connectivity index (χ0) is 18.5. The Kier molecular flexibility index (Phi) is 16.2. The molecule has 0 saturated carbocycles. The van der Waals surface area contributed by atoms with Gasteiger partial charge in [0.15, 0.2) is 5.54 Å². The summed E-state index contributed by atoms with van der Waals surface area (Å²) >= 11 is 0. The summed E-state index contributed by atoms with van der Waals surface area (Å²) in [5, 5.41) is 0. The first-order valence-electron chi connectivity index (χ1n) is 10.4. The maximum atomic E-state index is 12.4. The lowest BCUT2D eigenvalue weighted by Crippen LogP contribution is -3.00. The first-order valence-corrected chi connectivity index (χ1v) is 10.4. The third-order valence-corrected chi connectivity index (χ3v) is 6.11. The quantitative estimate of drug-likeness (QED) is 0.214. The van der Waals surface area contributed by atoms with E-state index < -0.39 is 0 Å². The number of hydrogen-bond donors (Lipinski definition) is 0. The average molecular weight is 419 g/mol. The van der Waals surface area contributed by atoms with Crippen LogP contribution in [-0.2, 0) is 4.79 Å². The molecule has 0 amide bonds. The Hall–Kier alpha value is -0.150. The fraction of sp³-hybridized carbons (Fsp3) is 0.864. The lowest BCUT2D eigenvalue weighted by atomic mass is 9.85. The van der Waals surface area contributed by atoms with Gasteiger partial charge in [0.2, 0.25) is 5.78 Å². The molecule has 0 aliphatic heterocycles. The van der Waals surface area contributed by atoms with Crippen LogP contribution in [0, 0.1) is 0 Å². The van der Waals surface area contributed by atoms with E-state index in [1.54, 1.807) is 0 Å². The van der Waals surface area contributed by atoms with Crippen molar-refractivity contribution in [3.63, 3.8) is 0 Å². The average Bonchev–Trinajstić information content (AvgIpc) is 2.58. The van der Waals surface area contributed by atoms with Gasteiger partial charge in [-0.1, -0.05) is 77.7 Å². The van der Waals surface area contributed by atoms with Crippen LogP contribution >= 0.6 is 0 Å². The largest absolute Gasteiger partial charge is 1.00 e. The summed E-state index contributed by atoms with van der Waals surface area (Å²) in [6.45, 7) is 11.2. The zero-order valence-corrected chi connectivity index (χ0v) is 19.3. The lowest BCUT2D eigenvalue weighted by molar-refractivity contribution is -0.927. The van der Waals surface area contributed by atoms with Gasteiger partial charge in [0.05, 0.1) is 20.6 Å². The van der Waals surface area contributed by atoms with Crippen LogP contribution in [0.4, 0.5) is 0 Å². The number of unbranched alkanes of at least 4 members (excludes halogenated alkanes) is 10. The summed E-state index contributed by atoms with van der Waals surface area (Å²) in [4.78, 5) is 12.4. The van der Waals surface area contributed by atoms with Crippen molar-refractivity contribution in [2.24, 2.45) is 0 Å². The van der Waals surface area contributed by atoms with Crippen LogP contribution in [0.5, 0.6) is 0 Å². The summed E-state index contributed by atoms with van der Waals surface area (Å²) < 4.78 is 0.746. The second-order valence-corrected chi connectivity index (χ2v) is 8.13. The molecule has 3 heteroatoms. The van der Waals surface area contributed by atoms with Crippen LogP contribution in [-0.4, -0.2) is 36.4 Å². The number of rotatable bonds is 16. The molecule has 0 aromatic rings. The normalized spacial score (nSPS) is 13.8. The summed E-state index contributed by atoms with van der Waals surface area (Å²) in [6.07, 6.45) is 17.3. The predicted molar refractivity (Wildman–Crippen MR) is 107 cm³/mol. The number of carbonyl (C=O) groups excluding carboxylic acids is 1. The van der Waals surface area contributed by atoms with Gasteiger partial charge in [-0.15, -0.1) is 0 Å². The molecule has 0 aromatic carbocycles. The van der Waals surface area contributed by atoms with Gasteiger partial charge >= 0.3 is 0 Å². The molecule has 0 bridgehead atoms. The van der Waals surface area contributed by atoms with Gasteiger partial charge in [0, 0.05) is 6.42 Å². The molecule has 0 N–H and O–H groups in total. The van der Waals surface area contributed by atoms with Crippen LogP contribution in [0.15, 0.2) is 12.7 Å². The minimum absolute atomic E-state index is 0. The first kappa shape index (κ1) is 27.1. The minimum Gasteiger partial charge on any atom is -1.00 e. The molecular weight excluding hydrogens is 374 g/mol. The van der Waals surface area contributed by atoms with Crippen molar-refractivity contribution in [1.82, 2.24) is 0 Å². The Labute approximate surface area is 168 Å². The highest BCUT2D eigenvalue weighted by Gasteiger charge is 2.44. The topological polar surface area (TPSA) is 17.1 Å². The first-order chi connectivity index (χ1) is 11.4. The van der Waals surface area contributed by atoms with Gasteiger partial charge < -0.3 is 21.5 Å². The lowest BCUT2D eigenvalue weighted by Gasteiger charge is -2.44. The third kappa shape index (κ3) is 9.94. The van der Waals surface area contributed by atoms with Crippen molar-refractivity contribution in [2.45, 2.75) is 103 Å². The van der Waals surface area contributed by atoms with E-state index in [0.29, 0.717) is 0 Å². The molecule has 0 spiro atoms. The van der Waals surface area contributed by atoms with E-state index in [4.69, 9.17) is 0 Å². The van der Waals surface area contributed by atoms with Crippen molar-refractivity contribution in [2.75, 3.05) is 20.6 Å². The number of halogens is 1. The fourth-order valence-electron chi connectivity index (χ4n) is 3.43. The molecule has 1 unspecified atom stereocenters. The van der Waals surface area contributed by atoms with E-state index in [1.165, 1.54) is 70.3 Å². The molecule has 0 aliphatic rings. The highest BCUT2D eigenvalue weighted by molar-refractivity contribution is 5.96. The standard InChI is InChI=1S/C22H44NO.BrH/c1-7-10-11-12-13-14-15-16-17-18-19-20-22(4,21(24)8-2)23(5,6)9-3;/h8H,2,7,9-20H2,1,3-6H3;1H/q+1;/p-1. The van der Waals surface area contributed by atoms with Crippen molar-refractivity contribution >= 4 is 5.78 Å². The summed E-state index contributed by atoms with van der Waals surface area (Å²) in [6, 6.07) is 0. The van der Waals surface area contributed by atoms with Crippen LogP contribution in [0.25, 0.3) is 0 Å². The van der Waals surface area contributed by atoms with Crippen LogP contribution in [0.3, 0.4) is 0 Å². The van der Waals surface area contributed by atoms with E-state index in [2.05, 4.69) is 41.4 Å². The monoisotopic (exact) mass is 417 g/mol. The SMILES string of the molecule is C=CC(=O)C(C)(CCCCCCCCCCCCC)[N+](C)(C)CC.[Br-]. The van der Waals surface area contributed by atoms with Crippen LogP contribution in [0.2, 0.25) is 0 Å². The van der Waals surface area contributed by atoms with Gasteiger partial charge in [0.25, 0.3) is 0 Å². The Morgan fingerprint density at radius 2 is 1.28 bits per heavy atom. The van der Waals surface area contributed by atoms with Gasteiger partial charge in [-0.05, 0) is 26.3 Å². The molecule has 0 fully saturated rings. The smallest absolute Gasteiger partial charge is 0.214 e. The molecule has 25 heavy (non-hydrogen) atoms. The maximum Gasteiger partial charge on any atom is 0.214 e. The van der Waals surface area contributed by atoms with E-state index in [9.17, 15) is 4.79 Å². The van der Waals surface area contributed by atoms with E-state index in [-0.39, 0.29) is 28.3 Å². The second-order valence-electron chi connectivity index (χ2n) is 8.13. The number of carbonyl (C=O) groups is 1. The zero-order valence-electron chi connectivity index (χ0n) is 17.7. The number of ketones is 1. The summed E-state index contributed by atoms with van der Waals surface area (Å²) in [5.41, 5.74) is -0.324. The fourth-order valence-corrected chi connectivity index (χ4v) is 3.43. The minimum atomic E-state index is -0.324. The van der Waals surface area contributed by atoms with E-state index >= 15 is 0 Å². The van der Waals surface area contributed by atoms with Gasteiger partial charge in [-0.2, -0.15) is 0 Å². The Balaban J connectivity index is 0. The molecule has 1 atom stereocenters. The summed E-state index contributed by atoms with van der Waals surface area (Å²) in [5.74, 6) is 0.196. The van der Waals surface area contributed by atoms with Crippen molar-refractivity contribution < 1.29 is 26.3 Å². The third-order valence-electron chi connectivity index (χ3n) is 6.11. The Bertz CT molecular complexity index is 354.